The quantitative estimate of drug-likeness (QED) is 0.122. The van der Waals surface area contributed by atoms with E-state index in [1.807, 2.05) is 19.1 Å². The number of aryl methyl sites for hydroxylation is 1. The van der Waals surface area contributed by atoms with Crippen LogP contribution in [-0.4, -0.2) is 16.0 Å². The van der Waals surface area contributed by atoms with Crippen molar-refractivity contribution in [1.82, 2.24) is 0 Å². The van der Waals surface area contributed by atoms with E-state index in [2.05, 4.69) is 17.4 Å². The van der Waals surface area contributed by atoms with Crippen LogP contribution in [0.5, 0.6) is 5.75 Å². The summed E-state index contributed by atoms with van der Waals surface area (Å²) in [4.78, 5) is 5.48. The van der Waals surface area contributed by atoms with Gasteiger partial charge >= 0.3 is 0 Å². The summed E-state index contributed by atoms with van der Waals surface area (Å²) in [5, 5.41) is 18.6. The topological polar surface area (TPSA) is 53.8 Å². The van der Waals surface area contributed by atoms with Crippen molar-refractivity contribution >= 4 is 52.0 Å². The lowest BCUT2D eigenvalue weighted by molar-refractivity contribution is 0.334. The number of phenolic OH excluding ortho intramolecular Hbond substituents is 1. The minimum atomic E-state index is 0.0881. The van der Waals surface area contributed by atoms with Crippen LogP contribution in [0.25, 0.3) is 0 Å². The second kappa shape index (κ2) is 15.2. The number of anilines is 1. The molecule has 33 heavy (non-hydrogen) atoms. The van der Waals surface area contributed by atoms with Gasteiger partial charge in [-0.3, -0.25) is 0 Å². The number of phenols is 1. The van der Waals surface area contributed by atoms with E-state index in [0.29, 0.717) is 33.4 Å². The maximum absolute atomic E-state index is 10.4. The summed E-state index contributed by atoms with van der Waals surface area (Å²) in [6.45, 7) is 4.22. The molecule has 0 saturated carbocycles. The van der Waals surface area contributed by atoms with Crippen molar-refractivity contribution < 1.29 is 9.94 Å². The monoisotopic (exact) mass is 508 g/mol. The summed E-state index contributed by atoms with van der Waals surface area (Å²) >= 11 is 17.3. The Morgan fingerprint density at radius 2 is 1.61 bits per heavy atom. The first-order valence-corrected chi connectivity index (χ1v) is 12.9. The zero-order valence-corrected chi connectivity index (χ0v) is 21.8. The van der Waals surface area contributed by atoms with Crippen molar-refractivity contribution in [2.45, 2.75) is 78.1 Å². The smallest absolute Gasteiger partial charge is 0.293 e. The lowest BCUT2D eigenvalue weighted by atomic mass is 10.00. The van der Waals surface area contributed by atoms with E-state index in [1.54, 1.807) is 24.3 Å². The third-order valence-electron chi connectivity index (χ3n) is 5.38. The molecule has 2 N–H and O–H groups in total. The Morgan fingerprint density at radius 3 is 2.27 bits per heavy atom. The van der Waals surface area contributed by atoms with E-state index in [1.165, 1.54) is 44.9 Å². The number of hydrogen-bond donors (Lipinski definition) is 2. The molecule has 2 aromatic rings. The van der Waals surface area contributed by atoms with Crippen LogP contribution >= 0.6 is 35.4 Å². The van der Waals surface area contributed by atoms with Crippen molar-refractivity contribution in [3.63, 3.8) is 0 Å². The predicted molar refractivity (Wildman–Crippen MR) is 145 cm³/mol. The van der Waals surface area contributed by atoms with Gasteiger partial charge in [0.2, 0.25) is 0 Å². The molecule has 0 unspecified atom stereocenters. The van der Waals surface area contributed by atoms with Crippen molar-refractivity contribution in [3.8, 4) is 5.75 Å². The van der Waals surface area contributed by atoms with Crippen molar-refractivity contribution in [3.05, 3.63) is 57.6 Å². The van der Waals surface area contributed by atoms with Gasteiger partial charge < -0.3 is 15.3 Å². The Labute approximate surface area is 213 Å². The number of rotatable bonds is 13. The molecule has 4 nitrogen and oxygen atoms in total. The molecular formula is C26H34Cl2N2O2S. The molecule has 0 aliphatic heterocycles. The highest BCUT2D eigenvalue weighted by Gasteiger charge is 2.12. The number of benzene rings is 2. The van der Waals surface area contributed by atoms with Gasteiger partial charge in [0, 0.05) is 11.3 Å². The SMILES string of the molecule is CCCCCCCCCCCC(=NOC(=S)Nc1ccc(Cl)c(Cl)c1)c1cc(C)ccc1O. The number of halogens is 2. The van der Waals surface area contributed by atoms with Gasteiger partial charge in [0.05, 0.1) is 15.8 Å². The summed E-state index contributed by atoms with van der Waals surface area (Å²) in [5.74, 6) is 0.183. The average Bonchev–Trinajstić information content (AvgIpc) is 2.79. The summed E-state index contributed by atoms with van der Waals surface area (Å²) in [6.07, 6.45) is 11.8. The minimum Gasteiger partial charge on any atom is -0.507 e. The molecular weight excluding hydrogens is 475 g/mol. The summed E-state index contributed by atoms with van der Waals surface area (Å²) in [6, 6.07) is 10.6. The van der Waals surface area contributed by atoms with E-state index >= 15 is 0 Å². The Balaban J connectivity index is 1.94. The molecule has 2 rings (SSSR count). The van der Waals surface area contributed by atoms with Gasteiger partial charge in [-0.15, -0.1) is 0 Å². The van der Waals surface area contributed by atoms with Gasteiger partial charge in [-0.2, -0.15) is 0 Å². The van der Waals surface area contributed by atoms with Crippen LogP contribution in [0, 0.1) is 6.92 Å². The Kier molecular flexibility index (Phi) is 12.6. The molecule has 0 aliphatic carbocycles. The first kappa shape index (κ1) is 27.4. The first-order chi connectivity index (χ1) is 15.9. The van der Waals surface area contributed by atoms with Crippen molar-refractivity contribution in [2.75, 3.05) is 5.32 Å². The fourth-order valence-corrected chi connectivity index (χ4v) is 3.98. The van der Waals surface area contributed by atoms with Crippen LogP contribution in [0.4, 0.5) is 5.69 Å². The van der Waals surface area contributed by atoms with E-state index < -0.39 is 0 Å². The third-order valence-corrected chi connectivity index (χ3v) is 6.30. The second-order valence-electron chi connectivity index (χ2n) is 8.27. The number of hydrogen-bond acceptors (Lipinski definition) is 4. The fourth-order valence-electron chi connectivity index (χ4n) is 3.52. The second-order valence-corrected chi connectivity index (χ2v) is 9.45. The normalized spacial score (nSPS) is 11.5. The summed E-state index contributed by atoms with van der Waals surface area (Å²) in [7, 11) is 0. The molecule has 0 aromatic heterocycles. The van der Waals surface area contributed by atoms with Gasteiger partial charge in [0.25, 0.3) is 5.17 Å². The fraction of sp³-hybridized carbons (Fsp3) is 0.462. The van der Waals surface area contributed by atoms with E-state index in [-0.39, 0.29) is 10.9 Å². The number of thiocarbonyl (C=S) groups is 1. The predicted octanol–water partition coefficient (Wildman–Crippen LogP) is 9.05. The highest BCUT2D eigenvalue weighted by molar-refractivity contribution is 7.80. The molecule has 0 heterocycles. The number of nitrogens with zero attached hydrogens (tertiary/aromatic N) is 1. The van der Waals surface area contributed by atoms with Crippen LogP contribution in [0.3, 0.4) is 0 Å². The highest BCUT2D eigenvalue weighted by atomic mass is 35.5. The highest BCUT2D eigenvalue weighted by Crippen LogP contribution is 2.25. The van der Waals surface area contributed by atoms with Crippen LogP contribution < -0.4 is 5.32 Å². The van der Waals surface area contributed by atoms with Crippen molar-refractivity contribution in [1.29, 1.82) is 0 Å². The Hall–Kier alpha value is -1.82. The number of oxime groups is 1. The molecule has 0 saturated heterocycles. The summed E-state index contributed by atoms with van der Waals surface area (Å²) in [5.41, 5.74) is 3.05. The molecule has 0 atom stereocenters. The van der Waals surface area contributed by atoms with E-state index in [9.17, 15) is 5.11 Å². The molecule has 0 aliphatic rings. The van der Waals surface area contributed by atoms with Crippen LogP contribution in [-0.2, 0) is 4.84 Å². The molecule has 0 amide bonds. The molecule has 0 bridgehead atoms. The molecule has 2 aromatic carbocycles. The van der Waals surface area contributed by atoms with Crippen LogP contribution in [0.15, 0.2) is 41.6 Å². The van der Waals surface area contributed by atoms with Gasteiger partial charge in [0.1, 0.15) is 5.75 Å². The largest absolute Gasteiger partial charge is 0.507 e. The lowest BCUT2D eigenvalue weighted by Crippen LogP contribution is -2.12. The maximum atomic E-state index is 10.4. The molecule has 7 heteroatoms. The third kappa shape index (κ3) is 10.3. The standard InChI is InChI=1S/C26H34Cl2N2O2S/c1-3-4-5-6-7-8-9-10-11-12-24(21-17-19(2)13-16-25(21)31)30-32-26(33)29-20-14-15-22(27)23(28)18-20/h13-18,31H,3-12H2,1-2H3,(H,29,33). The number of nitrogens with one attached hydrogen (secondary N) is 1. The average molecular weight is 510 g/mol. The minimum absolute atomic E-state index is 0.0881. The molecule has 0 spiro atoms. The van der Waals surface area contributed by atoms with E-state index in [0.717, 1.165) is 18.4 Å². The molecule has 0 fully saturated rings. The number of unbranched alkanes of at least 4 members (excludes halogenated alkanes) is 8. The maximum Gasteiger partial charge on any atom is 0.293 e. The van der Waals surface area contributed by atoms with E-state index in [4.69, 9.17) is 40.3 Å². The van der Waals surface area contributed by atoms with Crippen LogP contribution in [0.1, 0.15) is 82.3 Å². The zero-order chi connectivity index (χ0) is 24.1. The summed E-state index contributed by atoms with van der Waals surface area (Å²) < 4.78 is 0. The molecule has 180 valence electrons. The molecule has 0 radical (unpaired) electrons. The van der Waals surface area contributed by atoms with Crippen molar-refractivity contribution in [2.24, 2.45) is 5.16 Å². The van der Waals surface area contributed by atoms with Crippen LogP contribution in [0.2, 0.25) is 10.0 Å². The van der Waals surface area contributed by atoms with Gasteiger partial charge in [-0.25, -0.2) is 0 Å². The zero-order valence-electron chi connectivity index (χ0n) is 19.5. The van der Waals surface area contributed by atoms with Gasteiger partial charge in [-0.1, -0.05) is 98.3 Å². The number of aromatic hydroxyl groups is 1. The first-order valence-electron chi connectivity index (χ1n) is 11.7. The lowest BCUT2D eigenvalue weighted by Gasteiger charge is -2.11. The Morgan fingerprint density at radius 1 is 0.939 bits per heavy atom. The van der Waals surface area contributed by atoms with Gasteiger partial charge in [-0.05, 0) is 62.3 Å². The Bertz CT molecular complexity index is 935. The van der Waals surface area contributed by atoms with Gasteiger partial charge in [0.15, 0.2) is 0 Å².